The first-order chi connectivity index (χ1) is 11.0. The highest BCUT2D eigenvalue weighted by atomic mass is 19.1. The van der Waals surface area contributed by atoms with Crippen molar-refractivity contribution in [2.24, 2.45) is 5.92 Å². The van der Waals surface area contributed by atoms with Crippen LogP contribution in [0.5, 0.6) is 5.75 Å². The highest BCUT2D eigenvalue weighted by molar-refractivity contribution is 5.28. The van der Waals surface area contributed by atoms with Crippen molar-refractivity contribution >= 4 is 0 Å². The van der Waals surface area contributed by atoms with Gasteiger partial charge in [-0.1, -0.05) is 19.9 Å². The minimum absolute atomic E-state index is 0.198. The van der Waals surface area contributed by atoms with Crippen LogP contribution in [0.2, 0.25) is 0 Å². The third kappa shape index (κ3) is 5.16. The van der Waals surface area contributed by atoms with Gasteiger partial charge in [-0.3, -0.25) is 9.80 Å². The lowest BCUT2D eigenvalue weighted by Gasteiger charge is -2.42. The van der Waals surface area contributed by atoms with Crippen molar-refractivity contribution in [2.45, 2.75) is 32.9 Å². The summed E-state index contributed by atoms with van der Waals surface area (Å²) < 4.78 is 19.2. The highest BCUT2D eigenvalue weighted by Gasteiger charge is 2.27. The van der Waals surface area contributed by atoms with Crippen molar-refractivity contribution in [1.82, 2.24) is 9.80 Å². The van der Waals surface area contributed by atoms with Crippen LogP contribution in [-0.2, 0) is 6.54 Å². The average molecular weight is 324 g/mol. The van der Waals surface area contributed by atoms with Crippen molar-refractivity contribution in [3.8, 4) is 5.75 Å². The van der Waals surface area contributed by atoms with Crippen LogP contribution in [0.25, 0.3) is 0 Å². The van der Waals surface area contributed by atoms with E-state index in [2.05, 4.69) is 23.6 Å². The Morgan fingerprint density at radius 1 is 1.35 bits per heavy atom. The number of hydrogen-bond donors (Lipinski definition) is 1. The summed E-state index contributed by atoms with van der Waals surface area (Å²) in [7, 11) is 1.54. The second-order valence-electron chi connectivity index (χ2n) is 6.75. The third-order valence-electron chi connectivity index (χ3n) is 4.40. The zero-order valence-electron chi connectivity index (χ0n) is 14.5. The number of ether oxygens (including phenoxy) is 1. The number of hydrogen-bond acceptors (Lipinski definition) is 4. The summed E-state index contributed by atoms with van der Waals surface area (Å²) in [6, 6.07) is 5.39. The van der Waals surface area contributed by atoms with Gasteiger partial charge in [-0.15, -0.1) is 0 Å². The third-order valence-corrected chi connectivity index (χ3v) is 4.40. The first-order valence-electron chi connectivity index (χ1n) is 8.43. The molecule has 2 rings (SSSR count). The Hall–Kier alpha value is -1.17. The molecule has 4 nitrogen and oxygen atoms in total. The molecule has 0 aromatic heterocycles. The quantitative estimate of drug-likeness (QED) is 0.835. The monoisotopic (exact) mass is 324 g/mol. The topological polar surface area (TPSA) is 35.9 Å². The molecule has 0 radical (unpaired) electrons. The molecule has 0 saturated carbocycles. The predicted molar refractivity (Wildman–Crippen MR) is 90.1 cm³/mol. The fourth-order valence-corrected chi connectivity index (χ4v) is 3.26. The van der Waals surface area contributed by atoms with E-state index in [0.29, 0.717) is 29.8 Å². The standard InChI is InChI=1S/C18H29FN2O2/c1-14(2)11-21-8-7-20(13-16(21)6-9-22)12-15-4-5-17(23-3)10-18(15)19/h4-5,10,14,16,22H,6-9,11-13H2,1-3H3/t16-/m0/s1. The lowest BCUT2D eigenvalue weighted by atomic mass is 10.1. The number of methoxy groups -OCH3 is 1. The zero-order valence-corrected chi connectivity index (χ0v) is 14.5. The number of benzene rings is 1. The highest BCUT2D eigenvalue weighted by Crippen LogP contribution is 2.21. The zero-order chi connectivity index (χ0) is 16.8. The normalized spacial score (nSPS) is 20.2. The van der Waals surface area contributed by atoms with E-state index in [1.54, 1.807) is 19.2 Å². The molecular weight excluding hydrogens is 295 g/mol. The van der Waals surface area contributed by atoms with E-state index >= 15 is 0 Å². The van der Waals surface area contributed by atoms with Gasteiger partial charge in [0, 0.05) is 57.0 Å². The number of nitrogens with zero attached hydrogens (tertiary/aromatic N) is 2. The van der Waals surface area contributed by atoms with Crippen molar-refractivity contribution in [3.63, 3.8) is 0 Å². The fourth-order valence-electron chi connectivity index (χ4n) is 3.26. The molecule has 1 N–H and O–H groups in total. The Bertz CT molecular complexity index is 496. The molecule has 1 heterocycles. The van der Waals surface area contributed by atoms with E-state index in [1.165, 1.54) is 6.07 Å². The molecule has 1 aromatic rings. The maximum Gasteiger partial charge on any atom is 0.131 e. The molecule has 1 aromatic carbocycles. The SMILES string of the molecule is COc1ccc(CN2CCN(CC(C)C)[C@@H](CCO)C2)c(F)c1. The molecule has 5 heteroatoms. The molecule has 130 valence electrons. The molecule has 0 aliphatic carbocycles. The van der Waals surface area contributed by atoms with Crippen LogP contribution in [0.4, 0.5) is 4.39 Å². The average Bonchev–Trinajstić information content (AvgIpc) is 2.51. The predicted octanol–water partition coefficient (Wildman–Crippen LogP) is 2.36. The first kappa shape index (κ1) is 18.2. The Morgan fingerprint density at radius 2 is 2.13 bits per heavy atom. The summed E-state index contributed by atoms with van der Waals surface area (Å²) in [5, 5.41) is 9.33. The van der Waals surface area contributed by atoms with Gasteiger partial charge in [0.05, 0.1) is 7.11 Å². The molecule has 1 aliphatic rings. The van der Waals surface area contributed by atoms with Crippen LogP contribution < -0.4 is 4.74 Å². The second-order valence-corrected chi connectivity index (χ2v) is 6.75. The van der Waals surface area contributed by atoms with Gasteiger partial charge >= 0.3 is 0 Å². The largest absolute Gasteiger partial charge is 0.497 e. The minimum atomic E-state index is -0.215. The van der Waals surface area contributed by atoms with Gasteiger partial charge in [0.1, 0.15) is 11.6 Å². The number of piperazine rings is 1. The second kappa shape index (κ2) is 8.62. The Kier molecular flexibility index (Phi) is 6.81. The summed E-state index contributed by atoms with van der Waals surface area (Å²) in [5.41, 5.74) is 0.700. The van der Waals surface area contributed by atoms with E-state index in [1.807, 2.05) is 0 Å². The number of halogens is 1. The van der Waals surface area contributed by atoms with Crippen molar-refractivity contribution in [2.75, 3.05) is 39.9 Å². The van der Waals surface area contributed by atoms with Gasteiger partial charge in [0.25, 0.3) is 0 Å². The molecule has 0 spiro atoms. The molecule has 1 aliphatic heterocycles. The molecule has 1 fully saturated rings. The van der Waals surface area contributed by atoms with Gasteiger partial charge in [0.15, 0.2) is 0 Å². The maximum atomic E-state index is 14.1. The van der Waals surface area contributed by atoms with Gasteiger partial charge < -0.3 is 9.84 Å². The van der Waals surface area contributed by atoms with Crippen molar-refractivity contribution < 1.29 is 14.2 Å². The lowest BCUT2D eigenvalue weighted by molar-refractivity contribution is 0.0472. The molecular formula is C18H29FN2O2. The summed E-state index contributed by atoms with van der Waals surface area (Å²) >= 11 is 0. The van der Waals surface area contributed by atoms with E-state index in [-0.39, 0.29) is 12.4 Å². The van der Waals surface area contributed by atoms with E-state index < -0.39 is 0 Å². The fraction of sp³-hybridized carbons (Fsp3) is 0.667. The van der Waals surface area contributed by atoms with E-state index in [9.17, 15) is 9.50 Å². The molecule has 1 saturated heterocycles. The lowest BCUT2D eigenvalue weighted by Crippen LogP contribution is -2.53. The van der Waals surface area contributed by atoms with E-state index in [0.717, 1.165) is 32.6 Å². The van der Waals surface area contributed by atoms with Crippen molar-refractivity contribution in [3.05, 3.63) is 29.6 Å². The van der Waals surface area contributed by atoms with Crippen LogP contribution in [0.1, 0.15) is 25.8 Å². The Balaban J connectivity index is 1.99. The number of aliphatic hydroxyl groups is 1. The van der Waals surface area contributed by atoms with Crippen LogP contribution in [0.15, 0.2) is 18.2 Å². The molecule has 1 atom stereocenters. The summed E-state index contributed by atoms with van der Waals surface area (Å²) in [6.07, 6.45) is 0.772. The smallest absolute Gasteiger partial charge is 0.131 e. The Morgan fingerprint density at radius 3 is 2.74 bits per heavy atom. The molecule has 0 unspecified atom stereocenters. The van der Waals surface area contributed by atoms with E-state index in [4.69, 9.17) is 4.74 Å². The van der Waals surface area contributed by atoms with Gasteiger partial charge in [-0.2, -0.15) is 0 Å². The summed E-state index contributed by atoms with van der Waals surface area (Å²) in [5.74, 6) is 0.945. The van der Waals surface area contributed by atoms with Crippen LogP contribution >= 0.6 is 0 Å². The van der Waals surface area contributed by atoms with Gasteiger partial charge in [-0.25, -0.2) is 4.39 Å². The number of rotatable bonds is 7. The maximum absolute atomic E-state index is 14.1. The molecule has 0 bridgehead atoms. The van der Waals surface area contributed by atoms with Gasteiger partial charge in [-0.05, 0) is 18.4 Å². The summed E-state index contributed by atoms with van der Waals surface area (Å²) in [4.78, 5) is 4.74. The molecule has 0 amide bonds. The van der Waals surface area contributed by atoms with Crippen LogP contribution in [0.3, 0.4) is 0 Å². The van der Waals surface area contributed by atoms with Gasteiger partial charge in [0.2, 0.25) is 0 Å². The van der Waals surface area contributed by atoms with Crippen LogP contribution in [0, 0.1) is 11.7 Å². The first-order valence-corrected chi connectivity index (χ1v) is 8.43. The molecule has 23 heavy (non-hydrogen) atoms. The van der Waals surface area contributed by atoms with Crippen molar-refractivity contribution in [1.29, 1.82) is 0 Å². The summed E-state index contributed by atoms with van der Waals surface area (Å²) in [6.45, 7) is 9.07. The Labute approximate surface area is 138 Å². The van der Waals surface area contributed by atoms with Crippen LogP contribution in [-0.4, -0.2) is 60.8 Å². The number of aliphatic hydroxyl groups excluding tert-OH is 1. The minimum Gasteiger partial charge on any atom is -0.497 e.